The van der Waals surface area contributed by atoms with E-state index in [0.717, 1.165) is 5.56 Å². The number of rotatable bonds is 2. The zero-order chi connectivity index (χ0) is 13.9. The van der Waals surface area contributed by atoms with Gasteiger partial charge in [-0.15, -0.1) is 0 Å². The number of nitrogens with one attached hydrogen (secondary N) is 1. The number of benzene rings is 2. The lowest BCUT2D eigenvalue weighted by atomic mass is 10.0. The summed E-state index contributed by atoms with van der Waals surface area (Å²) in [7, 11) is 0. The van der Waals surface area contributed by atoms with Crippen molar-refractivity contribution < 1.29 is 19.5 Å². The molecule has 1 aliphatic rings. The second-order valence-electron chi connectivity index (χ2n) is 4.41. The first kappa shape index (κ1) is 12.5. The summed E-state index contributed by atoms with van der Waals surface area (Å²) in [6.07, 6.45) is -1.56. The Hall–Kier alpha value is -2.53. The summed E-state index contributed by atoms with van der Waals surface area (Å²) in [4.78, 5) is 11.8. The van der Waals surface area contributed by atoms with E-state index in [0.29, 0.717) is 11.5 Å². The molecule has 2 N–H and O–H groups in total. The van der Waals surface area contributed by atoms with Gasteiger partial charge in [-0.2, -0.15) is 0 Å². The van der Waals surface area contributed by atoms with Crippen LogP contribution in [0.15, 0.2) is 54.6 Å². The van der Waals surface area contributed by atoms with Crippen molar-refractivity contribution in [2.24, 2.45) is 0 Å². The summed E-state index contributed by atoms with van der Waals surface area (Å²) in [5.41, 5.74) is 2.42. The molecule has 0 aliphatic carbocycles. The van der Waals surface area contributed by atoms with Crippen LogP contribution in [0, 0.1) is 0 Å². The Kier molecular flexibility index (Phi) is 3.26. The quantitative estimate of drug-likeness (QED) is 0.648. The summed E-state index contributed by atoms with van der Waals surface area (Å²) >= 11 is 0. The predicted molar refractivity (Wildman–Crippen MR) is 70.6 cm³/mol. The molecule has 0 aromatic heterocycles. The third kappa shape index (κ3) is 2.19. The Morgan fingerprint density at radius 3 is 2.20 bits per heavy atom. The van der Waals surface area contributed by atoms with E-state index in [9.17, 15) is 4.79 Å². The van der Waals surface area contributed by atoms with Crippen LogP contribution in [0.2, 0.25) is 0 Å². The molecule has 2 atom stereocenters. The van der Waals surface area contributed by atoms with Gasteiger partial charge in [0, 0.05) is 0 Å². The van der Waals surface area contributed by atoms with E-state index in [2.05, 4.69) is 0 Å². The lowest BCUT2D eigenvalue weighted by Crippen LogP contribution is -2.44. The van der Waals surface area contributed by atoms with Gasteiger partial charge in [0.25, 0.3) is 5.91 Å². The van der Waals surface area contributed by atoms with Crippen molar-refractivity contribution in [1.29, 1.82) is 0 Å². The Labute approximate surface area is 115 Å². The topological polar surface area (TPSA) is 67.8 Å². The minimum absolute atomic E-state index is 0.480. The molecule has 3 rings (SSSR count). The molecule has 5 heteroatoms. The van der Waals surface area contributed by atoms with Crippen molar-refractivity contribution in [3.05, 3.63) is 60.2 Å². The number of amides is 1. The monoisotopic (exact) mass is 271 g/mol. The number of ether oxygens (including phenoxy) is 2. The summed E-state index contributed by atoms with van der Waals surface area (Å²) in [5.74, 6) is 0.407. The van der Waals surface area contributed by atoms with Crippen molar-refractivity contribution in [2.75, 3.05) is 0 Å². The number of hydrogen-bond acceptors (Lipinski definition) is 4. The normalized spacial score (nSPS) is 20.2. The first-order valence-electron chi connectivity index (χ1n) is 6.21. The highest BCUT2D eigenvalue weighted by molar-refractivity contribution is 5.81. The SMILES string of the molecule is O=C(NO)C1Oc2ccccc2OC1c1ccccc1. The molecule has 0 bridgehead atoms. The van der Waals surface area contributed by atoms with Gasteiger partial charge >= 0.3 is 0 Å². The molecule has 20 heavy (non-hydrogen) atoms. The van der Waals surface area contributed by atoms with Crippen LogP contribution in [0.5, 0.6) is 11.5 Å². The van der Waals surface area contributed by atoms with Crippen molar-refractivity contribution in [3.8, 4) is 11.5 Å². The molecule has 1 aliphatic heterocycles. The van der Waals surface area contributed by atoms with Gasteiger partial charge in [0.1, 0.15) is 0 Å². The Balaban J connectivity index is 2.00. The maximum Gasteiger partial charge on any atom is 0.288 e. The standard InChI is InChI=1S/C15H13NO4/c17-15(16-18)14-13(10-6-2-1-3-7-10)19-11-8-4-5-9-12(11)20-14/h1-9,13-14,18H,(H,16,17). The smallest absolute Gasteiger partial charge is 0.288 e. The van der Waals surface area contributed by atoms with E-state index in [4.69, 9.17) is 14.7 Å². The van der Waals surface area contributed by atoms with E-state index in [1.165, 1.54) is 0 Å². The van der Waals surface area contributed by atoms with E-state index in [-0.39, 0.29) is 0 Å². The van der Waals surface area contributed by atoms with E-state index in [1.54, 1.807) is 23.7 Å². The average molecular weight is 271 g/mol. The third-order valence-electron chi connectivity index (χ3n) is 3.13. The fourth-order valence-electron chi connectivity index (χ4n) is 2.18. The minimum Gasteiger partial charge on any atom is -0.477 e. The van der Waals surface area contributed by atoms with Gasteiger partial charge < -0.3 is 9.47 Å². The van der Waals surface area contributed by atoms with Crippen molar-refractivity contribution in [1.82, 2.24) is 5.48 Å². The maximum absolute atomic E-state index is 11.8. The van der Waals surface area contributed by atoms with Crippen LogP contribution in [0.1, 0.15) is 11.7 Å². The van der Waals surface area contributed by atoms with Gasteiger partial charge in [0.05, 0.1) is 0 Å². The molecule has 0 fully saturated rings. The van der Waals surface area contributed by atoms with E-state index >= 15 is 0 Å². The lowest BCUT2D eigenvalue weighted by molar-refractivity contribution is -0.143. The van der Waals surface area contributed by atoms with Crippen LogP contribution in [0.3, 0.4) is 0 Å². The molecule has 2 aromatic rings. The third-order valence-corrected chi connectivity index (χ3v) is 3.13. The molecular weight excluding hydrogens is 258 g/mol. The molecular formula is C15H13NO4. The molecule has 102 valence electrons. The number of fused-ring (bicyclic) bond motifs is 1. The van der Waals surface area contributed by atoms with Gasteiger partial charge in [-0.3, -0.25) is 10.0 Å². The highest BCUT2D eigenvalue weighted by atomic mass is 16.6. The highest BCUT2D eigenvalue weighted by Crippen LogP contribution is 2.39. The molecule has 5 nitrogen and oxygen atoms in total. The van der Waals surface area contributed by atoms with Gasteiger partial charge in [-0.1, -0.05) is 42.5 Å². The lowest BCUT2D eigenvalue weighted by Gasteiger charge is -2.32. The van der Waals surface area contributed by atoms with Crippen LogP contribution < -0.4 is 15.0 Å². The zero-order valence-corrected chi connectivity index (χ0v) is 10.5. The second-order valence-corrected chi connectivity index (χ2v) is 4.41. The minimum atomic E-state index is -0.947. The molecule has 0 saturated heterocycles. The van der Waals surface area contributed by atoms with E-state index < -0.39 is 18.1 Å². The van der Waals surface area contributed by atoms with Crippen molar-refractivity contribution >= 4 is 5.91 Å². The van der Waals surface area contributed by atoms with Crippen LogP contribution in [-0.2, 0) is 4.79 Å². The molecule has 1 amide bonds. The predicted octanol–water partition coefficient (Wildman–Crippen LogP) is 2.07. The zero-order valence-electron chi connectivity index (χ0n) is 10.5. The largest absolute Gasteiger partial charge is 0.477 e. The van der Waals surface area contributed by atoms with Gasteiger partial charge in [-0.05, 0) is 17.7 Å². The number of carbonyl (C=O) groups excluding carboxylic acids is 1. The Morgan fingerprint density at radius 1 is 0.950 bits per heavy atom. The van der Waals surface area contributed by atoms with E-state index in [1.807, 2.05) is 36.4 Å². The molecule has 0 saturated carbocycles. The number of carbonyl (C=O) groups is 1. The first-order chi connectivity index (χ1) is 9.79. The fraction of sp³-hybridized carbons (Fsp3) is 0.133. The maximum atomic E-state index is 11.8. The van der Waals surface area contributed by atoms with Crippen LogP contribution in [-0.4, -0.2) is 17.2 Å². The summed E-state index contributed by atoms with van der Waals surface area (Å²) in [5, 5.41) is 8.86. The van der Waals surface area contributed by atoms with Gasteiger partial charge in [-0.25, -0.2) is 5.48 Å². The molecule has 0 spiro atoms. The van der Waals surface area contributed by atoms with Crippen molar-refractivity contribution in [2.45, 2.75) is 12.2 Å². The second kappa shape index (κ2) is 5.22. The first-order valence-corrected chi connectivity index (χ1v) is 6.21. The Bertz CT molecular complexity index is 614. The van der Waals surface area contributed by atoms with Crippen LogP contribution in [0.4, 0.5) is 0 Å². The van der Waals surface area contributed by atoms with Gasteiger partial charge in [0.15, 0.2) is 17.6 Å². The van der Waals surface area contributed by atoms with Crippen molar-refractivity contribution in [3.63, 3.8) is 0 Å². The molecule has 2 aromatic carbocycles. The van der Waals surface area contributed by atoms with Crippen LogP contribution >= 0.6 is 0 Å². The average Bonchev–Trinajstić information content (AvgIpc) is 2.53. The summed E-state index contributed by atoms with van der Waals surface area (Å²) < 4.78 is 11.5. The summed E-state index contributed by atoms with van der Waals surface area (Å²) in [6, 6.07) is 16.4. The van der Waals surface area contributed by atoms with Gasteiger partial charge in [0.2, 0.25) is 6.10 Å². The van der Waals surface area contributed by atoms with Crippen LogP contribution in [0.25, 0.3) is 0 Å². The fourth-order valence-corrected chi connectivity index (χ4v) is 2.18. The number of hydrogen-bond donors (Lipinski definition) is 2. The molecule has 2 unspecified atom stereocenters. The summed E-state index contributed by atoms with van der Waals surface area (Å²) in [6.45, 7) is 0. The molecule has 0 radical (unpaired) electrons. The molecule has 1 heterocycles. The number of para-hydroxylation sites is 2. The highest BCUT2D eigenvalue weighted by Gasteiger charge is 2.37. The Morgan fingerprint density at radius 2 is 1.55 bits per heavy atom. The number of hydroxylamine groups is 1.